The number of amides is 4. The minimum absolute atomic E-state index is 0.0615. The van der Waals surface area contributed by atoms with Gasteiger partial charge in [0, 0.05) is 26.1 Å². The van der Waals surface area contributed by atoms with Crippen molar-refractivity contribution in [2.45, 2.75) is 57.5 Å². The van der Waals surface area contributed by atoms with Gasteiger partial charge in [-0.25, -0.2) is 0 Å². The van der Waals surface area contributed by atoms with E-state index < -0.39 is 41.4 Å². The zero-order chi connectivity index (χ0) is 28.9. The van der Waals surface area contributed by atoms with Crippen molar-refractivity contribution in [2.24, 2.45) is 0 Å². The van der Waals surface area contributed by atoms with Crippen molar-refractivity contribution in [1.29, 1.82) is 0 Å². The highest BCUT2D eigenvalue weighted by Gasteiger charge is 2.45. The Morgan fingerprint density at radius 1 is 0.829 bits per heavy atom. The molecule has 0 aromatic heterocycles. The second-order valence-electron chi connectivity index (χ2n) is 10.7. The van der Waals surface area contributed by atoms with Crippen LogP contribution in [0.15, 0.2) is 60.7 Å². The Kier molecular flexibility index (Phi) is 6.73. The van der Waals surface area contributed by atoms with E-state index in [4.69, 9.17) is 0 Å². The molecule has 0 radical (unpaired) electrons. The number of nitrogens with zero attached hydrogens (tertiary/aromatic N) is 2. The van der Waals surface area contributed by atoms with Crippen LogP contribution >= 0.6 is 0 Å². The predicted molar refractivity (Wildman–Crippen MR) is 141 cm³/mol. The van der Waals surface area contributed by atoms with Crippen LogP contribution in [0.25, 0.3) is 0 Å². The first kappa shape index (κ1) is 26.9. The number of carbonyl (C=O) groups excluding carboxylic acids is 4. The molecule has 41 heavy (non-hydrogen) atoms. The van der Waals surface area contributed by atoms with Crippen molar-refractivity contribution in [1.82, 2.24) is 15.1 Å². The zero-order valence-electron chi connectivity index (χ0n) is 22.0. The van der Waals surface area contributed by atoms with Gasteiger partial charge in [-0.3, -0.25) is 34.3 Å². The second-order valence-corrected chi connectivity index (χ2v) is 10.7. The average molecular weight is 562 g/mol. The van der Waals surface area contributed by atoms with E-state index in [2.05, 4.69) is 5.32 Å². The summed E-state index contributed by atoms with van der Waals surface area (Å²) < 4.78 is 40.2. The summed E-state index contributed by atoms with van der Waals surface area (Å²) in [6.45, 7) is 1.22. The Balaban J connectivity index is 1.11. The number of hydrogen-bond acceptors (Lipinski definition) is 5. The molecule has 4 amide bonds. The third-order valence-corrected chi connectivity index (χ3v) is 8.02. The summed E-state index contributed by atoms with van der Waals surface area (Å²) in [6, 6.07) is 16.3. The van der Waals surface area contributed by atoms with Crippen molar-refractivity contribution in [3.8, 4) is 0 Å². The lowest BCUT2D eigenvalue weighted by molar-refractivity contribution is -0.138. The molecule has 1 atom stereocenters. The van der Waals surface area contributed by atoms with Crippen molar-refractivity contribution in [3.63, 3.8) is 0 Å². The number of imide groups is 2. The number of fused-ring (bicyclic) bond motifs is 2. The van der Waals surface area contributed by atoms with E-state index in [0.29, 0.717) is 48.2 Å². The summed E-state index contributed by atoms with van der Waals surface area (Å²) in [6.07, 6.45) is -3.12. The highest BCUT2D eigenvalue weighted by molar-refractivity contribution is 6.24. The van der Waals surface area contributed by atoms with Gasteiger partial charge in [0.05, 0.1) is 16.7 Å². The lowest BCUT2D eigenvalue weighted by Crippen LogP contribution is -2.54. The molecular weight excluding hydrogens is 535 g/mol. The van der Waals surface area contributed by atoms with Crippen LogP contribution < -0.4 is 5.32 Å². The quantitative estimate of drug-likeness (QED) is 0.451. The number of piperidine rings is 1. The standard InChI is InChI=1S/C31H26F3N3O4/c32-31(33,34)24-6-2-4-21-16-36(17-23(21)24)15-19-9-7-18(8-10-19)11-12-20-3-1-5-22-27(20)30(41)37(29(22)40)25-13-14-26(38)35-28(25)39/h1-10,25H,11-17H2,(H,35,38,39). The van der Waals surface area contributed by atoms with Crippen LogP contribution in [-0.2, 0) is 48.2 Å². The van der Waals surface area contributed by atoms with Crippen LogP contribution in [0.4, 0.5) is 13.2 Å². The number of benzene rings is 3. The van der Waals surface area contributed by atoms with Crippen molar-refractivity contribution in [3.05, 3.63) is 105 Å². The summed E-state index contributed by atoms with van der Waals surface area (Å²) >= 11 is 0. The molecule has 3 aliphatic heterocycles. The normalized spacial score (nSPS) is 19.0. The lowest BCUT2D eigenvalue weighted by atomic mass is 9.96. The van der Waals surface area contributed by atoms with Crippen molar-refractivity contribution in [2.75, 3.05) is 0 Å². The molecule has 1 N–H and O–H groups in total. The van der Waals surface area contributed by atoms with Crippen LogP contribution in [0, 0.1) is 0 Å². The largest absolute Gasteiger partial charge is 0.416 e. The lowest BCUT2D eigenvalue weighted by Gasteiger charge is -2.27. The molecule has 0 bridgehead atoms. The molecule has 3 aliphatic rings. The van der Waals surface area contributed by atoms with Gasteiger partial charge >= 0.3 is 6.18 Å². The minimum Gasteiger partial charge on any atom is -0.295 e. The van der Waals surface area contributed by atoms with Gasteiger partial charge in [0.2, 0.25) is 11.8 Å². The number of halogens is 3. The van der Waals surface area contributed by atoms with E-state index in [1.807, 2.05) is 29.2 Å². The van der Waals surface area contributed by atoms with Gasteiger partial charge < -0.3 is 0 Å². The number of alkyl halides is 3. The summed E-state index contributed by atoms with van der Waals surface area (Å²) in [5, 5.41) is 2.20. The smallest absolute Gasteiger partial charge is 0.295 e. The molecular formula is C31H26F3N3O4. The van der Waals surface area contributed by atoms with E-state index >= 15 is 0 Å². The van der Waals surface area contributed by atoms with Gasteiger partial charge in [0.1, 0.15) is 6.04 Å². The molecule has 210 valence electrons. The monoisotopic (exact) mass is 561 g/mol. The number of carbonyl (C=O) groups is 4. The molecule has 10 heteroatoms. The maximum absolute atomic E-state index is 13.4. The Bertz CT molecular complexity index is 1580. The van der Waals surface area contributed by atoms with E-state index in [-0.39, 0.29) is 24.9 Å². The highest BCUT2D eigenvalue weighted by Crippen LogP contribution is 2.37. The Labute approximate surface area is 233 Å². The van der Waals surface area contributed by atoms with Gasteiger partial charge in [0.25, 0.3) is 11.8 Å². The Hall–Kier alpha value is -4.31. The molecule has 3 heterocycles. The SMILES string of the molecule is O=C1CCC(N2C(=O)c3cccc(CCc4ccc(CN5Cc6cccc(C(F)(F)F)c6C5)cc4)c3C2=O)C(=O)N1. The molecule has 6 rings (SSSR count). The maximum Gasteiger partial charge on any atom is 0.416 e. The minimum atomic E-state index is -4.37. The fourth-order valence-corrected chi connectivity index (χ4v) is 6.01. The average Bonchev–Trinajstić information content (AvgIpc) is 3.46. The van der Waals surface area contributed by atoms with Gasteiger partial charge in [-0.05, 0) is 59.2 Å². The fraction of sp³-hybridized carbons (Fsp3) is 0.290. The van der Waals surface area contributed by atoms with E-state index in [1.54, 1.807) is 24.3 Å². The van der Waals surface area contributed by atoms with Crippen LogP contribution in [0.3, 0.4) is 0 Å². The van der Waals surface area contributed by atoms with Crippen LogP contribution in [-0.4, -0.2) is 39.5 Å². The van der Waals surface area contributed by atoms with Gasteiger partial charge in [-0.2, -0.15) is 13.2 Å². The third kappa shape index (κ3) is 5.04. The van der Waals surface area contributed by atoms with Crippen molar-refractivity contribution < 1.29 is 32.3 Å². The van der Waals surface area contributed by atoms with E-state index in [0.717, 1.165) is 22.1 Å². The van der Waals surface area contributed by atoms with Crippen molar-refractivity contribution >= 4 is 23.6 Å². The molecule has 0 spiro atoms. The van der Waals surface area contributed by atoms with Gasteiger partial charge in [-0.1, -0.05) is 48.5 Å². The molecule has 0 saturated carbocycles. The first-order valence-corrected chi connectivity index (χ1v) is 13.4. The van der Waals surface area contributed by atoms with Gasteiger partial charge in [-0.15, -0.1) is 0 Å². The number of aryl methyl sites for hydroxylation is 2. The highest BCUT2D eigenvalue weighted by atomic mass is 19.4. The topological polar surface area (TPSA) is 86.8 Å². The number of hydrogen-bond donors (Lipinski definition) is 1. The summed E-state index contributed by atoms with van der Waals surface area (Å²) in [7, 11) is 0. The number of nitrogens with one attached hydrogen (secondary N) is 1. The van der Waals surface area contributed by atoms with Crippen LogP contribution in [0.5, 0.6) is 0 Å². The first-order valence-electron chi connectivity index (χ1n) is 13.4. The first-order chi connectivity index (χ1) is 19.6. The molecule has 3 aromatic carbocycles. The van der Waals surface area contributed by atoms with E-state index in [1.165, 1.54) is 6.07 Å². The Morgan fingerprint density at radius 2 is 1.56 bits per heavy atom. The summed E-state index contributed by atoms with van der Waals surface area (Å²) in [5.74, 6) is -2.12. The molecule has 0 aliphatic carbocycles. The molecule has 1 fully saturated rings. The number of rotatable bonds is 6. The summed E-state index contributed by atoms with van der Waals surface area (Å²) in [5.41, 5.74) is 3.73. The van der Waals surface area contributed by atoms with Gasteiger partial charge in [0.15, 0.2) is 0 Å². The molecule has 3 aromatic rings. The summed E-state index contributed by atoms with van der Waals surface area (Å²) in [4.78, 5) is 53.2. The third-order valence-electron chi connectivity index (χ3n) is 8.02. The second kappa shape index (κ2) is 10.3. The predicted octanol–water partition coefficient (Wildman–Crippen LogP) is 4.41. The Morgan fingerprint density at radius 3 is 2.29 bits per heavy atom. The zero-order valence-corrected chi connectivity index (χ0v) is 22.0. The van der Waals surface area contributed by atoms with E-state index in [9.17, 15) is 32.3 Å². The van der Waals surface area contributed by atoms with Crippen LogP contribution in [0.1, 0.15) is 66.9 Å². The maximum atomic E-state index is 13.4. The molecule has 7 nitrogen and oxygen atoms in total. The fourth-order valence-electron chi connectivity index (χ4n) is 6.01. The molecule has 1 saturated heterocycles. The molecule has 1 unspecified atom stereocenters. The van der Waals surface area contributed by atoms with Crippen LogP contribution in [0.2, 0.25) is 0 Å².